The molecule has 0 amide bonds. The number of rotatable bonds is 3. The third-order valence-electron chi connectivity index (χ3n) is 2.50. The van der Waals surface area contributed by atoms with Crippen LogP contribution in [-0.2, 0) is 6.61 Å². The summed E-state index contributed by atoms with van der Waals surface area (Å²) in [6.07, 6.45) is 0. The summed E-state index contributed by atoms with van der Waals surface area (Å²) in [5.74, 6) is 0.439. The van der Waals surface area contributed by atoms with Gasteiger partial charge in [-0.15, -0.1) is 0 Å². The van der Waals surface area contributed by atoms with E-state index in [0.717, 1.165) is 5.56 Å². The smallest absolute Gasteiger partial charge is 0.123 e. The van der Waals surface area contributed by atoms with E-state index in [1.54, 1.807) is 12.1 Å². The van der Waals surface area contributed by atoms with E-state index < -0.39 is 0 Å². The van der Waals surface area contributed by atoms with Crippen molar-refractivity contribution in [1.82, 2.24) is 0 Å². The van der Waals surface area contributed by atoms with Crippen LogP contribution in [0, 0.1) is 19.7 Å². The van der Waals surface area contributed by atoms with Gasteiger partial charge in [-0.25, -0.2) is 4.39 Å². The quantitative estimate of drug-likeness (QED) is 0.773. The number of halogens is 1. The molecule has 0 radical (unpaired) electrons. The predicted octanol–water partition coefficient (Wildman–Crippen LogP) is 4.02. The second kappa shape index (κ2) is 5.00. The molecule has 2 rings (SSSR count). The number of aryl methyl sites for hydroxylation is 2. The number of hydrogen-bond donors (Lipinski definition) is 0. The first-order valence-electron chi connectivity index (χ1n) is 5.59. The van der Waals surface area contributed by atoms with Gasteiger partial charge in [0.25, 0.3) is 0 Å². The molecule has 0 N–H and O–H groups in total. The van der Waals surface area contributed by atoms with Crippen LogP contribution in [0.5, 0.6) is 5.75 Å². The number of ether oxygens (including phenoxy) is 1. The van der Waals surface area contributed by atoms with Crippen molar-refractivity contribution in [3.63, 3.8) is 0 Å². The molecule has 17 heavy (non-hydrogen) atoms. The van der Waals surface area contributed by atoms with Crippen molar-refractivity contribution in [3.05, 3.63) is 65.0 Å². The molecule has 0 unspecified atom stereocenters. The highest BCUT2D eigenvalue weighted by atomic mass is 19.1. The Bertz CT molecular complexity index is 483. The summed E-state index contributed by atoms with van der Waals surface area (Å²) in [7, 11) is 0. The lowest BCUT2D eigenvalue weighted by atomic mass is 10.1. The Labute approximate surface area is 101 Å². The van der Waals surface area contributed by atoms with Gasteiger partial charge in [-0.2, -0.15) is 0 Å². The molecular weight excluding hydrogens is 215 g/mol. The second-order valence-corrected chi connectivity index (χ2v) is 4.24. The van der Waals surface area contributed by atoms with Gasteiger partial charge in [0.05, 0.1) is 0 Å². The van der Waals surface area contributed by atoms with Gasteiger partial charge in [-0.3, -0.25) is 0 Å². The van der Waals surface area contributed by atoms with Gasteiger partial charge < -0.3 is 4.74 Å². The normalized spacial score (nSPS) is 10.3. The summed E-state index contributed by atoms with van der Waals surface area (Å²) >= 11 is 0. The van der Waals surface area contributed by atoms with Crippen molar-refractivity contribution < 1.29 is 9.13 Å². The average Bonchev–Trinajstić information content (AvgIpc) is 2.27. The lowest BCUT2D eigenvalue weighted by molar-refractivity contribution is 0.305. The van der Waals surface area contributed by atoms with Gasteiger partial charge in [0.1, 0.15) is 18.2 Å². The monoisotopic (exact) mass is 230 g/mol. The van der Waals surface area contributed by atoms with Gasteiger partial charge >= 0.3 is 0 Å². The van der Waals surface area contributed by atoms with Crippen LogP contribution in [0.1, 0.15) is 16.7 Å². The van der Waals surface area contributed by atoms with E-state index in [1.165, 1.54) is 23.3 Å². The van der Waals surface area contributed by atoms with Crippen LogP contribution in [0.2, 0.25) is 0 Å². The van der Waals surface area contributed by atoms with Crippen LogP contribution < -0.4 is 4.74 Å². The Kier molecular flexibility index (Phi) is 3.43. The van der Waals surface area contributed by atoms with E-state index in [4.69, 9.17) is 4.74 Å². The van der Waals surface area contributed by atoms with Crippen LogP contribution in [0.15, 0.2) is 42.5 Å². The molecule has 0 heterocycles. The molecule has 1 nitrogen and oxygen atoms in total. The van der Waals surface area contributed by atoms with Crippen LogP contribution in [0.25, 0.3) is 0 Å². The first-order chi connectivity index (χ1) is 8.13. The van der Waals surface area contributed by atoms with Crippen LogP contribution in [-0.4, -0.2) is 0 Å². The molecule has 0 saturated heterocycles. The van der Waals surface area contributed by atoms with E-state index >= 15 is 0 Å². The fourth-order valence-electron chi connectivity index (χ4n) is 1.85. The van der Waals surface area contributed by atoms with Crippen molar-refractivity contribution in [2.24, 2.45) is 0 Å². The first-order valence-corrected chi connectivity index (χ1v) is 5.59. The Hall–Kier alpha value is -1.83. The molecule has 0 saturated carbocycles. The van der Waals surface area contributed by atoms with Crippen molar-refractivity contribution in [2.75, 3.05) is 0 Å². The molecule has 2 aromatic carbocycles. The summed E-state index contributed by atoms with van der Waals surface area (Å²) in [6.45, 7) is 4.64. The third kappa shape index (κ3) is 3.31. The summed E-state index contributed by atoms with van der Waals surface area (Å²) in [6, 6.07) is 12.4. The zero-order chi connectivity index (χ0) is 12.3. The fourth-order valence-corrected chi connectivity index (χ4v) is 1.85. The molecule has 2 aromatic rings. The topological polar surface area (TPSA) is 9.23 Å². The Balaban J connectivity index is 2.04. The van der Waals surface area contributed by atoms with Crippen LogP contribution in [0.3, 0.4) is 0 Å². The van der Waals surface area contributed by atoms with E-state index in [0.29, 0.717) is 12.4 Å². The highest BCUT2D eigenvalue weighted by Gasteiger charge is 1.98. The van der Waals surface area contributed by atoms with Gasteiger partial charge in [-0.05, 0) is 43.7 Å². The van der Waals surface area contributed by atoms with Crippen LogP contribution >= 0.6 is 0 Å². The highest BCUT2D eigenvalue weighted by molar-refractivity contribution is 5.29. The fraction of sp³-hybridized carbons (Fsp3) is 0.200. The minimum atomic E-state index is -0.247. The molecule has 0 aliphatic rings. The predicted molar refractivity (Wildman–Crippen MR) is 66.6 cm³/mol. The van der Waals surface area contributed by atoms with Gasteiger partial charge in [0.2, 0.25) is 0 Å². The molecule has 0 aromatic heterocycles. The number of hydrogen-bond acceptors (Lipinski definition) is 1. The van der Waals surface area contributed by atoms with Crippen molar-refractivity contribution in [2.45, 2.75) is 20.5 Å². The van der Waals surface area contributed by atoms with E-state index in [-0.39, 0.29) is 5.82 Å². The summed E-state index contributed by atoms with van der Waals surface area (Å²) in [5, 5.41) is 0. The Morgan fingerprint density at radius 1 is 0.941 bits per heavy atom. The van der Waals surface area contributed by atoms with E-state index in [2.05, 4.69) is 32.0 Å². The SMILES string of the molecule is Cc1cc(C)cc(COc2ccc(F)cc2)c1. The maximum atomic E-state index is 12.7. The van der Waals surface area contributed by atoms with Gasteiger partial charge in [0, 0.05) is 0 Å². The molecule has 88 valence electrons. The molecule has 0 fully saturated rings. The summed E-state index contributed by atoms with van der Waals surface area (Å²) in [5.41, 5.74) is 3.58. The van der Waals surface area contributed by atoms with Gasteiger partial charge in [-0.1, -0.05) is 29.3 Å². The summed E-state index contributed by atoms with van der Waals surface area (Å²) < 4.78 is 18.3. The second-order valence-electron chi connectivity index (χ2n) is 4.24. The largest absolute Gasteiger partial charge is 0.489 e. The van der Waals surface area contributed by atoms with Gasteiger partial charge in [0.15, 0.2) is 0 Å². The average molecular weight is 230 g/mol. The first kappa shape index (κ1) is 11.6. The number of benzene rings is 2. The molecule has 0 bridgehead atoms. The standard InChI is InChI=1S/C15H15FO/c1-11-7-12(2)9-13(8-11)10-17-15-5-3-14(16)4-6-15/h3-9H,10H2,1-2H3. The summed E-state index contributed by atoms with van der Waals surface area (Å²) in [4.78, 5) is 0. The maximum Gasteiger partial charge on any atom is 0.123 e. The zero-order valence-electron chi connectivity index (χ0n) is 10.0. The lowest BCUT2D eigenvalue weighted by Gasteiger charge is -2.08. The van der Waals surface area contributed by atoms with Crippen molar-refractivity contribution in [3.8, 4) is 5.75 Å². The van der Waals surface area contributed by atoms with E-state index in [9.17, 15) is 4.39 Å². The molecule has 0 aliphatic heterocycles. The van der Waals surface area contributed by atoms with Crippen molar-refractivity contribution in [1.29, 1.82) is 0 Å². The molecule has 2 heteroatoms. The third-order valence-corrected chi connectivity index (χ3v) is 2.50. The Morgan fingerprint density at radius 2 is 1.53 bits per heavy atom. The minimum Gasteiger partial charge on any atom is -0.489 e. The van der Waals surface area contributed by atoms with Crippen molar-refractivity contribution >= 4 is 0 Å². The Morgan fingerprint density at radius 3 is 2.12 bits per heavy atom. The van der Waals surface area contributed by atoms with E-state index in [1.807, 2.05) is 0 Å². The molecular formula is C15H15FO. The zero-order valence-corrected chi connectivity index (χ0v) is 10.0. The molecule has 0 aliphatic carbocycles. The molecule has 0 atom stereocenters. The highest BCUT2D eigenvalue weighted by Crippen LogP contribution is 2.15. The molecule has 0 spiro atoms. The minimum absolute atomic E-state index is 0.247. The van der Waals surface area contributed by atoms with Crippen LogP contribution in [0.4, 0.5) is 4.39 Å². The lowest BCUT2D eigenvalue weighted by Crippen LogP contribution is -1.96. The maximum absolute atomic E-state index is 12.7.